The van der Waals surface area contributed by atoms with Crippen molar-refractivity contribution in [3.05, 3.63) is 29.0 Å². The summed E-state index contributed by atoms with van der Waals surface area (Å²) >= 11 is 0. The van der Waals surface area contributed by atoms with Crippen molar-refractivity contribution < 1.29 is 30.4 Å². The van der Waals surface area contributed by atoms with Crippen LogP contribution in [0, 0.1) is 12.1 Å². The molecule has 0 amide bonds. The van der Waals surface area contributed by atoms with Gasteiger partial charge >= 0.3 is 0 Å². The summed E-state index contributed by atoms with van der Waals surface area (Å²) in [6, 6.07) is 4.29. The normalized spacial score (nSPS) is 29.4. The predicted molar refractivity (Wildman–Crippen MR) is 76.2 cm³/mol. The van der Waals surface area contributed by atoms with Gasteiger partial charge < -0.3 is 40.9 Å². The van der Waals surface area contributed by atoms with Gasteiger partial charge in [-0.2, -0.15) is 0 Å². The van der Waals surface area contributed by atoms with E-state index in [1.54, 1.807) is 6.92 Å². The molecule has 22 heavy (non-hydrogen) atoms. The molecule has 6 N–H and O–H groups in total. The smallest absolute Gasteiger partial charge is 0.157 e. The topological polar surface area (TPSA) is 149 Å². The minimum Gasteiger partial charge on any atom is -0.733 e. The second kappa shape index (κ2) is 6.75. The summed E-state index contributed by atoms with van der Waals surface area (Å²) in [5, 5.41) is 60.4. The molecular formula is C13H19N2O7-. The molecule has 1 aromatic carbocycles. The van der Waals surface area contributed by atoms with E-state index in [0.29, 0.717) is 11.3 Å². The minimum absolute atomic E-state index is 0.0459. The molecule has 1 aromatic rings. The van der Waals surface area contributed by atoms with Crippen molar-refractivity contribution >= 4 is 11.4 Å². The molecule has 1 aliphatic heterocycles. The number of aliphatic hydroxyl groups excluding tert-OH is 4. The molecule has 0 radical (unpaired) electrons. The lowest BCUT2D eigenvalue weighted by Crippen LogP contribution is -2.40. The highest BCUT2D eigenvalue weighted by molar-refractivity contribution is 5.59. The fourth-order valence-corrected chi connectivity index (χ4v) is 2.33. The summed E-state index contributed by atoms with van der Waals surface area (Å²) in [7, 11) is 0. The van der Waals surface area contributed by atoms with Gasteiger partial charge in [-0.15, -0.1) is 0 Å². The molecule has 2 unspecified atom stereocenters. The van der Waals surface area contributed by atoms with E-state index < -0.39 is 37.3 Å². The molecule has 9 heteroatoms. The van der Waals surface area contributed by atoms with Crippen LogP contribution in [0.2, 0.25) is 0 Å². The first kappa shape index (κ1) is 16.9. The molecule has 0 spiro atoms. The zero-order valence-corrected chi connectivity index (χ0v) is 11.8. The summed E-state index contributed by atoms with van der Waals surface area (Å²) < 4.78 is 5.33. The quantitative estimate of drug-likeness (QED) is 0.372. The highest BCUT2D eigenvalue weighted by atomic mass is 16.8. The summed E-state index contributed by atoms with van der Waals surface area (Å²) in [6.45, 7) is 1.07. The molecule has 2 rings (SSSR count). The molecule has 9 nitrogen and oxygen atoms in total. The molecule has 0 aromatic heterocycles. The lowest BCUT2D eigenvalue weighted by atomic mass is 10.1. The second-order valence-electron chi connectivity index (χ2n) is 5.17. The summed E-state index contributed by atoms with van der Waals surface area (Å²) in [5.41, 5.74) is 1.16. The van der Waals surface area contributed by atoms with E-state index in [0.717, 1.165) is 0 Å². The van der Waals surface area contributed by atoms with Crippen molar-refractivity contribution in [3.63, 3.8) is 0 Å². The van der Waals surface area contributed by atoms with Gasteiger partial charge in [-0.25, -0.2) is 0 Å². The van der Waals surface area contributed by atoms with Crippen LogP contribution in [0.25, 0.3) is 0 Å². The van der Waals surface area contributed by atoms with Crippen molar-refractivity contribution in [3.8, 4) is 0 Å². The predicted octanol–water partition coefficient (Wildman–Crippen LogP) is -1.10. The molecule has 0 bridgehead atoms. The van der Waals surface area contributed by atoms with Crippen molar-refractivity contribution in [1.82, 2.24) is 0 Å². The average molecular weight is 315 g/mol. The number of ether oxygens (including phenoxy) is 1. The van der Waals surface area contributed by atoms with Gasteiger partial charge in [0.15, 0.2) is 6.23 Å². The third kappa shape index (κ3) is 3.31. The van der Waals surface area contributed by atoms with Crippen LogP contribution in [0.5, 0.6) is 0 Å². The SMILES string of the molecule is Cc1cc(N([O-])O)ccc1NC1O[C@H](C(O)CO)[C@H](O)[C@H]1O. The van der Waals surface area contributed by atoms with Gasteiger partial charge in [0.1, 0.15) is 24.4 Å². The molecule has 0 aliphatic carbocycles. The maximum Gasteiger partial charge on any atom is 0.157 e. The number of anilines is 2. The highest BCUT2D eigenvalue weighted by Crippen LogP contribution is 2.28. The van der Waals surface area contributed by atoms with E-state index in [2.05, 4.69) is 5.32 Å². The van der Waals surface area contributed by atoms with Crippen molar-refractivity contribution in [2.24, 2.45) is 0 Å². The largest absolute Gasteiger partial charge is 0.733 e. The number of hydrogen-bond donors (Lipinski definition) is 6. The fourth-order valence-electron chi connectivity index (χ4n) is 2.33. The number of aliphatic hydroxyl groups is 4. The lowest BCUT2D eigenvalue weighted by molar-refractivity contribution is -0.0774. The van der Waals surface area contributed by atoms with E-state index in [1.807, 2.05) is 0 Å². The van der Waals surface area contributed by atoms with Crippen LogP contribution >= 0.6 is 0 Å². The van der Waals surface area contributed by atoms with Gasteiger partial charge in [0.25, 0.3) is 0 Å². The summed E-state index contributed by atoms with van der Waals surface area (Å²) in [6.07, 6.45) is -6.09. The standard InChI is InChI=1S/C13H19N2O7/c1-6-4-7(15(20)21)2-3-8(6)14-13-11(19)10(18)12(22-13)9(17)5-16/h2-4,9-14,16-20H,5H2,1H3/q-1/t9?,10-,11-,12-,13?/m1/s1. The number of benzene rings is 1. The van der Waals surface area contributed by atoms with Crippen LogP contribution in [-0.4, -0.2) is 62.9 Å². The van der Waals surface area contributed by atoms with Gasteiger partial charge in [-0.3, -0.25) is 5.21 Å². The Morgan fingerprint density at radius 1 is 1.36 bits per heavy atom. The van der Waals surface area contributed by atoms with Gasteiger partial charge in [0.05, 0.1) is 12.3 Å². The van der Waals surface area contributed by atoms with E-state index in [4.69, 9.17) is 15.1 Å². The first-order chi connectivity index (χ1) is 10.3. The number of rotatable bonds is 5. The van der Waals surface area contributed by atoms with E-state index in [1.165, 1.54) is 18.2 Å². The number of nitrogens with zero attached hydrogens (tertiary/aromatic N) is 1. The Morgan fingerprint density at radius 3 is 2.59 bits per heavy atom. The highest BCUT2D eigenvalue weighted by Gasteiger charge is 2.45. The van der Waals surface area contributed by atoms with E-state index in [9.17, 15) is 20.5 Å². The Balaban J connectivity index is 2.11. The van der Waals surface area contributed by atoms with Crippen molar-refractivity contribution in [2.75, 3.05) is 17.2 Å². The van der Waals surface area contributed by atoms with Crippen LogP contribution in [0.15, 0.2) is 18.2 Å². The van der Waals surface area contributed by atoms with Crippen LogP contribution in [0.3, 0.4) is 0 Å². The number of aryl methyl sites for hydroxylation is 1. The number of nitrogens with one attached hydrogen (secondary N) is 1. The van der Waals surface area contributed by atoms with Gasteiger partial charge in [0, 0.05) is 5.69 Å². The zero-order valence-electron chi connectivity index (χ0n) is 11.8. The van der Waals surface area contributed by atoms with Crippen LogP contribution in [0.1, 0.15) is 5.56 Å². The Morgan fingerprint density at radius 2 is 2.05 bits per heavy atom. The third-order valence-electron chi connectivity index (χ3n) is 3.60. The molecule has 1 fully saturated rings. The average Bonchev–Trinajstić information content (AvgIpc) is 2.76. The van der Waals surface area contributed by atoms with Crippen molar-refractivity contribution in [2.45, 2.75) is 37.6 Å². The van der Waals surface area contributed by atoms with Crippen LogP contribution in [0.4, 0.5) is 11.4 Å². The van der Waals surface area contributed by atoms with E-state index >= 15 is 0 Å². The fraction of sp³-hybridized carbons (Fsp3) is 0.538. The van der Waals surface area contributed by atoms with E-state index in [-0.39, 0.29) is 10.9 Å². The summed E-state index contributed by atoms with van der Waals surface area (Å²) in [5.74, 6) is 0. The van der Waals surface area contributed by atoms with Crippen LogP contribution in [-0.2, 0) is 4.74 Å². The molecule has 0 saturated carbocycles. The zero-order chi connectivity index (χ0) is 16.4. The third-order valence-corrected chi connectivity index (χ3v) is 3.60. The first-order valence-corrected chi connectivity index (χ1v) is 6.69. The van der Waals surface area contributed by atoms with Crippen molar-refractivity contribution in [1.29, 1.82) is 0 Å². The van der Waals surface area contributed by atoms with Gasteiger partial charge in [0.2, 0.25) is 0 Å². The molecular weight excluding hydrogens is 296 g/mol. The molecule has 5 atom stereocenters. The monoisotopic (exact) mass is 315 g/mol. The Bertz CT molecular complexity index is 513. The maximum atomic E-state index is 10.8. The minimum atomic E-state index is -1.35. The number of hydrogen-bond acceptors (Lipinski definition) is 9. The molecule has 124 valence electrons. The lowest BCUT2D eigenvalue weighted by Gasteiger charge is -2.24. The second-order valence-corrected chi connectivity index (χ2v) is 5.17. The van der Waals surface area contributed by atoms with Crippen LogP contribution < -0.4 is 10.5 Å². The molecule has 1 heterocycles. The Labute approximate surface area is 126 Å². The maximum absolute atomic E-state index is 10.8. The summed E-state index contributed by atoms with van der Waals surface area (Å²) in [4.78, 5) is 0. The van der Waals surface area contributed by atoms with Gasteiger partial charge in [-0.1, -0.05) is 0 Å². The first-order valence-electron chi connectivity index (χ1n) is 6.69. The Hall–Kier alpha value is -1.46. The van der Waals surface area contributed by atoms with Gasteiger partial charge in [-0.05, 0) is 30.7 Å². The molecule has 1 aliphatic rings. The Kier molecular flexibility index (Phi) is 5.19. The molecule has 1 saturated heterocycles.